The van der Waals surface area contributed by atoms with E-state index in [2.05, 4.69) is 10.4 Å². The standard InChI is InChI=1S/C21H19F2N3OS/c22-21(23)17-12-18(14-10-11-14)26(25-17)13-20(27)24-16-8-4-5-9-19(16)28-15-6-2-1-3-7-15/h1-9,12,14,21H,10-11,13H2,(H,24,27). The van der Waals surface area contributed by atoms with Crippen LogP contribution in [0.4, 0.5) is 14.5 Å². The number of para-hydroxylation sites is 1. The molecule has 144 valence electrons. The zero-order chi connectivity index (χ0) is 19.5. The number of nitrogens with zero attached hydrogens (tertiary/aromatic N) is 2. The smallest absolute Gasteiger partial charge is 0.282 e. The summed E-state index contributed by atoms with van der Waals surface area (Å²) in [5.41, 5.74) is 1.14. The number of nitrogens with one attached hydrogen (secondary N) is 1. The van der Waals surface area contributed by atoms with Crippen molar-refractivity contribution in [1.29, 1.82) is 0 Å². The van der Waals surface area contributed by atoms with E-state index in [9.17, 15) is 13.6 Å². The Kier molecular flexibility index (Phi) is 5.43. The van der Waals surface area contributed by atoms with E-state index in [4.69, 9.17) is 0 Å². The van der Waals surface area contributed by atoms with Crippen LogP contribution in [-0.4, -0.2) is 15.7 Å². The summed E-state index contributed by atoms with van der Waals surface area (Å²) in [6.07, 6.45) is -0.733. The summed E-state index contributed by atoms with van der Waals surface area (Å²) >= 11 is 1.55. The fourth-order valence-electron chi connectivity index (χ4n) is 2.99. The van der Waals surface area contributed by atoms with Crippen molar-refractivity contribution in [1.82, 2.24) is 9.78 Å². The largest absolute Gasteiger partial charge is 0.323 e. The van der Waals surface area contributed by atoms with Gasteiger partial charge < -0.3 is 5.32 Å². The molecule has 7 heteroatoms. The van der Waals surface area contributed by atoms with E-state index in [1.165, 1.54) is 10.7 Å². The number of hydrogen-bond donors (Lipinski definition) is 1. The molecular formula is C21H19F2N3OS. The molecule has 1 fully saturated rings. The summed E-state index contributed by atoms with van der Waals surface area (Å²) < 4.78 is 27.4. The minimum atomic E-state index is -2.63. The van der Waals surface area contributed by atoms with Gasteiger partial charge in [-0.1, -0.05) is 42.1 Å². The Balaban J connectivity index is 1.49. The first-order chi connectivity index (χ1) is 13.6. The normalized spacial score (nSPS) is 13.7. The minimum Gasteiger partial charge on any atom is -0.323 e. The Hall–Kier alpha value is -2.67. The van der Waals surface area contributed by atoms with Crippen LogP contribution in [0.1, 0.15) is 36.6 Å². The second kappa shape index (κ2) is 8.14. The van der Waals surface area contributed by atoms with Crippen molar-refractivity contribution < 1.29 is 13.6 Å². The molecule has 0 spiro atoms. The topological polar surface area (TPSA) is 46.9 Å². The SMILES string of the molecule is O=C(Cn1nc(C(F)F)cc1C1CC1)Nc1ccccc1Sc1ccccc1. The number of anilines is 1. The van der Waals surface area contributed by atoms with Gasteiger partial charge in [-0.05, 0) is 43.2 Å². The number of carbonyl (C=O) groups is 1. The van der Waals surface area contributed by atoms with Crippen LogP contribution in [0, 0.1) is 0 Å². The second-order valence-corrected chi connectivity index (χ2v) is 7.80. The number of alkyl halides is 2. The van der Waals surface area contributed by atoms with Crippen molar-refractivity contribution in [2.24, 2.45) is 0 Å². The molecule has 1 amide bonds. The van der Waals surface area contributed by atoms with Gasteiger partial charge in [-0.25, -0.2) is 8.78 Å². The Morgan fingerprint density at radius 1 is 1.14 bits per heavy atom. The number of rotatable bonds is 7. The molecule has 0 bridgehead atoms. The maximum atomic E-state index is 13.0. The van der Waals surface area contributed by atoms with Gasteiger partial charge in [0.15, 0.2) is 0 Å². The zero-order valence-electron chi connectivity index (χ0n) is 15.0. The number of halogens is 2. The van der Waals surface area contributed by atoms with E-state index in [1.807, 2.05) is 54.6 Å². The molecule has 0 unspecified atom stereocenters. The van der Waals surface area contributed by atoms with Crippen molar-refractivity contribution in [3.8, 4) is 0 Å². The highest BCUT2D eigenvalue weighted by atomic mass is 32.2. The lowest BCUT2D eigenvalue weighted by molar-refractivity contribution is -0.117. The molecule has 4 rings (SSSR count). The highest BCUT2D eigenvalue weighted by molar-refractivity contribution is 7.99. The quantitative estimate of drug-likeness (QED) is 0.572. The third-order valence-electron chi connectivity index (χ3n) is 4.47. The van der Waals surface area contributed by atoms with Crippen LogP contribution >= 0.6 is 11.8 Å². The van der Waals surface area contributed by atoms with Gasteiger partial charge >= 0.3 is 0 Å². The first-order valence-corrected chi connectivity index (χ1v) is 9.89. The summed E-state index contributed by atoms with van der Waals surface area (Å²) in [6, 6.07) is 18.8. The molecule has 1 aliphatic rings. The van der Waals surface area contributed by atoms with Gasteiger partial charge in [0.2, 0.25) is 5.91 Å². The Bertz CT molecular complexity index is 971. The van der Waals surface area contributed by atoms with Gasteiger partial charge in [0.05, 0.1) is 5.69 Å². The van der Waals surface area contributed by atoms with Crippen LogP contribution < -0.4 is 5.32 Å². The number of aromatic nitrogens is 2. The summed E-state index contributed by atoms with van der Waals surface area (Å²) in [4.78, 5) is 14.6. The molecule has 1 saturated carbocycles. The lowest BCUT2D eigenvalue weighted by atomic mass is 10.2. The molecule has 28 heavy (non-hydrogen) atoms. The first-order valence-electron chi connectivity index (χ1n) is 9.08. The number of amides is 1. The van der Waals surface area contributed by atoms with Crippen molar-refractivity contribution >= 4 is 23.4 Å². The van der Waals surface area contributed by atoms with E-state index >= 15 is 0 Å². The van der Waals surface area contributed by atoms with Gasteiger partial charge in [-0.3, -0.25) is 9.48 Å². The Morgan fingerprint density at radius 3 is 2.57 bits per heavy atom. The van der Waals surface area contributed by atoms with Gasteiger partial charge in [-0.15, -0.1) is 0 Å². The first kappa shape index (κ1) is 18.7. The molecule has 0 aliphatic heterocycles. The molecule has 2 aromatic carbocycles. The lowest BCUT2D eigenvalue weighted by Crippen LogP contribution is -2.21. The summed E-state index contributed by atoms with van der Waals surface area (Å²) in [6.45, 7) is -0.0805. The molecule has 0 saturated heterocycles. The minimum absolute atomic E-state index is 0.0805. The second-order valence-electron chi connectivity index (χ2n) is 6.69. The average Bonchev–Trinajstić information content (AvgIpc) is 3.44. The van der Waals surface area contributed by atoms with E-state index in [0.29, 0.717) is 5.69 Å². The molecule has 0 atom stereocenters. The summed E-state index contributed by atoms with van der Waals surface area (Å²) in [5, 5.41) is 6.84. The summed E-state index contributed by atoms with van der Waals surface area (Å²) in [5.74, 6) is -0.0550. The monoisotopic (exact) mass is 399 g/mol. The molecular weight excluding hydrogens is 380 g/mol. The number of benzene rings is 2. The molecule has 3 aromatic rings. The van der Waals surface area contributed by atoms with Crippen LogP contribution in [-0.2, 0) is 11.3 Å². The van der Waals surface area contributed by atoms with E-state index < -0.39 is 6.43 Å². The average molecular weight is 399 g/mol. The molecule has 0 radical (unpaired) electrons. The predicted molar refractivity (Wildman–Crippen MR) is 105 cm³/mol. The Morgan fingerprint density at radius 2 is 1.86 bits per heavy atom. The Labute approximate surface area is 166 Å². The predicted octanol–water partition coefficient (Wildman–Crippen LogP) is 5.49. The number of hydrogen-bond acceptors (Lipinski definition) is 3. The third kappa shape index (κ3) is 4.42. The van der Waals surface area contributed by atoms with Crippen LogP contribution in [0.15, 0.2) is 70.5 Å². The van der Waals surface area contributed by atoms with Crippen LogP contribution in [0.3, 0.4) is 0 Å². The van der Waals surface area contributed by atoms with Gasteiger partial charge in [0, 0.05) is 21.4 Å². The lowest BCUT2D eigenvalue weighted by Gasteiger charge is -2.12. The molecule has 4 nitrogen and oxygen atoms in total. The molecule has 1 aromatic heterocycles. The molecule has 1 N–H and O–H groups in total. The third-order valence-corrected chi connectivity index (χ3v) is 5.56. The fraction of sp³-hybridized carbons (Fsp3) is 0.238. The van der Waals surface area contributed by atoms with Gasteiger partial charge in [0.25, 0.3) is 6.43 Å². The van der Waals surface area contributed by atoms with Crippen molar-refractivity contribution in [3.05, 3.63) is 72.1 Å². The van der Waals surface area contributed by atoms with Gasteiger partial charge in [0.1, 0.15) is 12.2 Å². The zero-order valence-corrected chi connectivity index (χ0v) is 15.8. The highest BCUT2D eigenvalue weighted by Crippen LogP contribution is 2.41. The van der Waals surface area contributed by atoms with E-state index in [0.717, 1.165) is 28.3 Å². The maximum Gasteiger partial charge on any atom is 0.282 e. The number of carbonyl (C=O) groups excluding carboxylic acids is 1. The molecule has 1 heterocycles. The fourth-order valence-corrected chi connectivity index (χ4v) is 3.92. The van der Waals surface area contributed by atoms with Crippen LogP contribution in [0.25, 0.3) is 0 Å². The highest BCUT2D eigenvalue weighted by Gasteiger charge is 2.30. The van der Waals surface area contributed by atoms with E-state index in [1.54, 1.807) is 11.8 Å². The van der Waals surface area contributed by atoms with E-state index in [-0.39, 0.29) is 24.1 Å². The maximum absolute atomic E-state index is 13.0. The van der Waals surface area contributed by atoms with Crippen LogP contribution in [0.2, 0.25) is 0 Å². The van der Waals surface area contributed by atoms with Crippen molar-refractivity contribution in [3.63, 3.8) is 0 Å². The molecule has 1 aliphatic carbocycles. The van der Waals surface area contributed by atoms with Crippen molar-refractivity contribution in [2.45, 2.75) is 41.5 Å². The summed E-state index contributed by atoms with van der Waals surface area (Å²) in [7, 11) is 0. The van der Waals surface area contributed by atoms with Crippen molar-refractivity contribution in [2.75, 3.05) is 5.32 Å². The van der Waals surface area contributed by atoms with Gasteiger partial charge in [-0.2, -0.15) is 5.10 Å². The van der Waals surface area contributed by atoms with Crippen LogP contribution in [0.5, 0.6) is 0 Å².